The molecule has 2 aliphatic rings. The van der Waals surface area contributed by atoms with Gasteiger partial charge in [-0.3, -0.25) is 14.5 Å². The van der Waals surface area contributed by atoms with Gasteiger partial charge in [0.15, 0.2) is 16.6 Å². The van der Waals surface area contributed by atoms with E-state index in [4.69, 9.17) is 14.5 Å². The second-order valence-corrected chi connectivity index (χ2v) is 11.3. The maximum Gasteiger partial charge on any atom is 0.301 e. The van der Waals surface area contributed by atoms with Crippen LogP contribution in [0.25, 0.3) is 16.0 Å². The number of hydrogen-bond donors (Lipinski definition) is 1. The number of anilines is 1. The summed E-state index contributed by atoms with van der Waals surface area (Å²) in [5.74, 6) is -0.376. The van der Waals surface area contributed by atoms with Gasteiger partial charge < -0.3 is 14.6 Å². The van der Waals surface area contributed by atoms with Gasteiger partial charge in [-0.15, -0.1) is 0 Å². The van der Waals surface area contributed by atoms with Crippen LogP contribution in [0.3, 0.4) is 0 Å². The topological polar surface area (TPSA) is 89.0 Å². The van der Waals surface area contributed by atoms with E-state index < -0.39 is 17.7 Å². The lowest BCUT2D eigenvalue weighted by Crippen LogP contribution is -2.29. The zero-order valence-electron chi connectivity index (χ0n) is 22.1. The molecule has 1 saturated heterocycles. The lowest BCUT2D eigenvalue weighted by molar-refractivity contribution is -0.132. The first-order valence-electron chi connectivity index (χ1n) is 12.9. The number of aromatic nitrogens is 1. The third-order valence-corrected chi connectivity index (χ3v) is 8.21. The molecule has 8 heteroatoms. The molecule has 0 spiro atoms. The van der Waals surface area contributed by atoms with Crippen LogP contribution in [0.5, 0.6) is 11.5 Å². The minimum Gasteiger partial charge on any atom is -0.507 e. The van der Waals surface area contributed by atoms with Crippen LogP contribution in [-0.4, -0.2) is 35.0 Å². The summed E-state index contributed by atoms with van der Waals surface area (Å²) < 4.78 is 12.2. The number of nitrogens with zero attached hydrogens (tertiary/aromatic N) is 2. The smallest absolute Gasteiger partial charge is 0.301 e. The highest BCUT2D eigenvalue weighted by Gasteiger charge is 2.48. The molecule has 3 heterocycles. The number of aliphatic hydroxyl groups excluding tert-OH is 1. The van der Waals surface area contributed by atoms with Crippen LogP contribution < -0.4 is 14.4 Å². The zero-order valence-corrected chi connectivity index (χ0v) is 23.0. The van der Waals surface area contributed by atoms with Crippen LogP contribution in [0.15, 0.2) is 60.2 Å². The molecule has 4 aromatic rings. The van der Waals surface area contributed by atoms with Crippen molar-refractivity contribution in [3.05, 3.63) is 88.0 Å². The summed E-state index contributed by atoms with van der Waals surface area (Å²) in [7, 11) is 0. The summed E-state index contributed by atoms with van der Waals surface area (Å²) in [5.41, 5.74) is 5.12. The maximum absolute atomic E-state index is 13.6. The third-order valence-electron chi connectivity index (χ3n) is 7.20. The Morgan fingerprint density at radius 3 is 2.44 bits per heavy atom. The van der Waals surface area contributed by atoms with Crippen LogP contribution in [-0.2, 0) is 9.59 Å². The molecule has 1 N–H and O–H groups in total. The van der Waals surface area contributed by atoms with Crippen molar-refractivity contribution in [1.29, 1.82) is 0 Å². The van der Waals surface area contributed by atoms with Gasteiger partial charge in [-0.2, -0.15) is 0 Å². The Balaban J connectivity index is 1.54. The summed E-state index contributed by atoms with van der Waals surface area (Å²) in [5, 5.41) is 12.0. The lowest BCUT2D eigenvalue weighted by atomic mass is 9.93. The van der Waals surface area contributed by atoms with E-state index in [-0.39, 0.29) is 11.3 Å². The highest BCUT2D eigenvalue weighted by atomic mass is 32.1. The quantitative estimate of drug-likeness (QED) is 0.182. The lowest BCUT2D eigenvalue weighted by Gasteiger charge is -2.23. The van der Waals surface area contributed by atoms with E-state index in [9.17, 15) is 14.7 Å². The van der Waals surface area contributed by atoms with Gasteiger partial charge in [-0.1, -0.05) is 55.5 Å². The average Bonchev–Trinajstić information content (AvgIpc) is 3.46. The molecule has 6 rings (SSSR count). The van der Waals surface area contributed by atoms with Gasteiger partial charge in [0.25, 0.3) is 5.78 Å². The van der Waals surface area contributed by atoms with Gasteiger partial charge in [0.1, 0.15) is 19.0 Å². The van der Waals surface area contributed by atoms with Crippen LogP contribution in [0.2, 0.25) is 0 Å². The van der Waals surface area contributed by atoms with Gasteiger partial charge in [0.2, 0.25) is 0 Å². The summed E-state index contributed by atoms with van der Waals surface area (Å²) in [4.78, 5) is 33.4. The zero-order chi connectivity index (χ0) is 27.4. The Bertz CT molecular complexity index is 1670. The molecule has 7 nitrogen and oxygen atoms in total. The number of carbonyl (C=O) groups is 2. The van der Waals surface area contributed by atoms with Crippen LogP contribution in [0, 0.1) is 13.8 Å². The molecule has 0 saturated carbocycles. The van der Waals surface area contributed by atoms with Gasteiger partial charge >= 0.3 is 5.91 Å². The van der Waals surface area contributed by atoms with Crippen molar-refractivity contribution in [1.82, 2.24) is 4.98 Å². The van der Waals surface area contributed by atoms with Gasteiger partial charge in [0, 0.05) is 5.56 Å². The van der Waals surface area contributed by atoms with Gasteiger partial charge in [-0.25, -0.2) is 4.98 Å². The molecule has 2 aliphatic heterocycles. The molecule has 0 bridgehead atoms. The largest absolute Gasteiger partial charge is 0.507 e. The third kappa shape index (κ3) is 4.25. The number of hydrogen-bond acceptors (Lipinski definition) is 7. The average molecular weight is 541 g/mol. The standard InChI is InChI=1S/C31H28N2O5S/c1-16(2)19-5-7-20(8-6-19)27-25(28(34)21-9-10-22-23(15-21)38-12-11-37-22)29(35)30(36)33(27)31-32-26-18(4)13-17(3)14-24(26)39-31/h5-10,13-16,27,34H,11-12H2,1-4H3/t27-/m1/s1. The Morgan fingerprint density at radius 2 is 1.72 bits per heavy atom. The number of carbonyl (C=O) groups excluding carboxylic acids is 2. The fraction of sp³-hybridized carbons (Fsp3) is 0.258. The molecule has 0 radical (unpaired) electrons. The number of Topliss-reactive ketones (excluding diaryl/α,β-unsaturated/α-hetero) is 1. The van der Waals surface area contributed by atoms with Crippen molar-refractivity contribution in [2.24, 2.45) is 0 Å². The summed E-state index contributed by atoms with van der Waals surface area (Å²) in [6.45, 7) is 9.04. The van der Waals surface area contributed by atoms with E-state index in [1.165, 1.54) is 16.2 Å². The van der Waals surface area contributed by atoms with E-state index in [1.807, 2.05) is 50.2 Å². The molecule has 0 unspecified atom stereocenters. The molecule has 198 valence electrons. The van der Waals surface area contributed by atoms with Gasteiger partial charge in [0.05, 0.1) is 21.8 Å². The van der Waals surface area contributed by atoms with Crippen molar-refractivity contribution >= 4 is 44.1 Å². The maximum atomic E-state index is 13.6. The number of amides is 1. The number of fused-ring (bicyclic) bond motifs is 2. The monoisotopic (exact) mass is 540 g/mol. The molecule has 1 fully saturated rings. The molecular formula is C31H28N2O5S. The normalized spacial score (nSPS) is 18.4. The number of ketones is 1. The Labute approximate surface area is 230 Å². The van der Waals surface area contributed by atoms with Crippen molar-refractivity contribution < 1.29 is 24.2 Å². The van der Waals surface area contributed by atoms with Crippen molar-refractivity contribution in [3.8, 4) is 11.5 Å². The van der Waals surface area contributed by atoms with Crippen molar-refractivity contribution in [2.75, 3.05) is 18.1 Å². The van der Waals surface area contributed by atoms with Crippen LogP contribution in [0.1, 0.15) is 53.6 Å². The minimum absolute atomic E-state index is 0.0149. The number of benzene rings is 3. The highest BCUT2D eigenvalue weighted by molar-refractivity contribution is 7.22. The van der Waals surface area contributed by atoms with E-state index in [2.05, 4.69) is 13.8 Å². The number of thiazole rings is 1. The molecule has 1 atom stereocenters. The first-order valence-corrected chi connectivity index (χ1v) is 13.7. The minimum atomic E-state index is -0.846. The highest BCUT2D eigenvalue weighted by Crippen LogP contribution is 2.45. The van der Waals surface area contributed by atoms with E-state index in [0.717, 1.165) is 26.9 Å². The number of aryl methyl sites for hydroxylation is 2. The molecule has 0 aliphatic carbocycles. The van der Waals surface area contributed by atoms with Gasteiger partial charge in [-0.05, 0) is 66.3 Å². The second-order valence-electron chi connectivity index (χ2n) is 10.3. The van der Waals surface area contributed by atoms with E-state index in [1.54, 1.807) is 18.2 Å². The number of ether oxygens (including phenoxy) is 2. The summed E-state index contributed by atoms with van der Waals surface area (Å²) >= 11 is 1.36. The molecule has 39 heavy (non-hydrogen) atoms. The fourth-order valence-electron chi connectivity index (χ4n) is 5.22. The Hall–Kier alpha value is -4.17. The Morgan fingerprint density at radius 1 is 1.00 bits per heavy atom. The SMILES string of the molecule is Cc1cc(C)c2nc(N3C(=O)C(=O)C(=C(O)c4ccc5c(c4)OCCO5)[C@H]3c3ccc(C(C)C)cc3)sc2c1. The predicted octanol–water partition coefficient (Wildman–Crippen LogP) is 6.43. The molecule has 3 aromatic carbocycles. The van der Waals surface area contributed by atoms with E-state index >= 15 is 0 Å². The predicted molar refractivity (Wildman–Crippen MR) is 152 cm³/mol. The molecular weight excluding hydrogens is 512 g/mol. The first-order chi connectivity index (χ1) is 18.7. The van der Waals surface area contributed by atoms with Crippen molar-refractivity contribution in [2.45, 2.75) is 39.7 Å². The molecule has 1 amide bonds. The first kappa shape index (κ1) is 25.1. The summed E-state index contributed by atoms with van der Waals surface area (Å²) in [6.07, 6.45) is 0. The van der Waals surface area contributed by atoms with Crippen LogP contribution in [0.4, 0.5) is 5.13 Å². The number of aliphatic hydroxyl groups is 1. The Kier molecular flexibility index (Phi) is 6.14. The van der Waals surface area contributed by atoms with Crippen LogP contribution >= 0.6 is 11.3 Å². The van der Waals surface area contributed by atoms with Crippen molar-refractivity contribution in [3.63, 3.8) is 0 Å². The van der Waals surface area contributed by atoms with E-state index in [0.29, 0.717) is 46.9 Å². The number of rotatable bonds is 4. The molecule has 1 aromatic heterocycles. The second kappa shape index (κ2) is 9.54. The fourth-order valence-corrected chi connectivity index (χ4v) is 6.38. The summed E-state index contributed by atoms with van der Waals surface area (Å²) in [6, 6.07) is 16.1.